The van der Waals surface area contributed by atoms with Crippen molar-refractivity contribution in [1.29, 1.82) is 0 Å². The summed E-state index contributed by atoms with van der Waals surface area (Å²) in [5, 5.41) is 11.1. The van der Waals surface area contributed by atoms with E-state index in [-0.39, 0.29) is 10.6 Å². The van der Waals surface area contributed by atoms with Crippen LogP contribution in [0.25, 0.3) is 0 Å². The Morgan fingerprint density at radius 3 is 2.80 bits per heavy atom. The van der Waals surface area contributed by atoms with Gasteiger partial charge in [-0.3, -0.25) is 15.0 Å². The molecular formula is C14H20N2O4. The van der Waals surface area contributed by atoms with E-state index in [4.69, 9.17) is 9.47 Å². The van der Waals surface area contributed by atoms with Gasteiger partial charge in [0.25, 0.3) is 5.69 Å². The fourth-order valence-corrected chi connectivity index (χ4v) is 2.37. The first-order valence-corrected chi connectivity index (χ1v) is 6.82. The number of benzene rings is 1. The Balaban J connectivity index is 1.92. The van der Waals surface area contributed by atoms with Crippen LogP contribution in [-0.4, -0.2) is 49.8 Å². The average Bonchev–Trinajstić information content (AvgIpc) is 2.48. The lowest BCUT2D eigenvalue weighted by Crippen LogP contribution is -2.36. The minimum Gasteiger partial charge on any atom is -0.497 e. The lowest BCUT2D eigenvalue weighted by Gasteiger charge is -2.26. The molecule has 0 N–H and O–H groups in total. The maximum atomic E-state index is 11.1. The van der Waals surface area contributed by atoms with Gasteiger partial charge in [-0.2, -0.15) is 0 Å². The second-order valence-electron chi connectivity index (χ2n) is 4.81. The van der Waals surface area contributed by atoms with Crippen molar-refractivity contribution >= 4 is 5.69 Å². The summed E-state index contributed by atoms with van der Waals surface area (Å²) < 4.78 is 10.3. The first-order chi connectivity index (χ1) is 9.70. The zero-order valence-electron chi connectivity index (χ0n) is 11.7. The number of hydrogen-bond donors (Lipinski definition) is 0. The van der Waals surface area contributed by atoms with E-state index in [9.17, 15) is 10.1 Å². The third-order valence-electron chi connectivity index (χ3n) is 3.51. The van der Waals surface area contributed by atoms with E-state index >= 15 is 0 Å². The van der Waals surface area contributed by atoms with E-state index in [1.165, 1.54) is 13.2 Å². The Kier molecular flexibility index (Phi) is 5.31. The van der Waals surface area contributed by atoms with Crippen LogP contribution in [0.4, 0.5) is 5.69 Å². The molecule has 1 aliphatic heterocycles. The van der Waals surface area contributed by atoms with Crippen LogP contribution in [-0.2, 0) is 11.2 Å². The highest BCUT2D eigenvalue weighted by Gasteiger charge is 2.16. The van der Waals surface area contributed by atoms with Crippen LogP contribution in [0.3, 0.4) is 0 Å². The predicted octanol–water partition coefficient (Wildman–Crippen LogP) is 1.87. The second kappa shape index (κ2) is 7.21. The number of hydrogen-bond acceptors (Lipinski definition) is 5. The van der Waals surface area contributed by atoms with Crippen LogP contribution < -0.4 is 4.74 Å². The van der Waals surface area contributed by atoms with Gasteiger partial charge in [0.15, 0.2) is 0 Å². The number of aryl methyl sites for hydroxylation is 1. The summed E-state index contributed by atoms with van der Waals surface area (Å²) in [6, 6.07) is 5.05. The van der Waals surface area contributed by atoms with Gasteiger partial charge in [0, 0.05) is 18.7 Å². The first-order valence-electron chi connectivity index (χ1n) is 6.82. The standard InChI is InChI=1S/C14H20N2O4/c1-19-13-5-4-12(14(11-13)16(17)18)3-2-6-15-7-9-20-10-8-15/h4-5,11H,2-3,6-10H2,1H3. The molecule has 20 heavy (non-hydrogen) atoms. The molecule has 1 saturated heterocycles. The predicted molar refractivity (Wildman–Crippen MR) is 75.2 cm³/mol. The number of rotatable bonds is 6. The van der Waals surface area contributed by atoms with Crippen LogP contribution in [0.1, 0.15) is 12.0 Å². The zero-order chi connectivity index (χ0) is 14.4. The highest BCUT2D eigenvalue weighted by Crippen LogP contribution is 2.25. The largest absolute Gasteiger partial charge is 0.497 e. The lowest BCUT2D eigenvalue weighted by molar-refractivity contribution is -0.385. The molecule has 1 heterocycles. The summed E-state index contributed by atoms with van der Waals surface area (Å²) in [6.07, 6.45) is 1.62. The topological polar surface area (TPSA) is 64.8 Å². The molecule has 6 nitrogen and oxygen atoms in total. The summed E-state index contributed by atoms with van der Waals surface area (Å²) in [6.45, 7) is 4.41. The summed E-state index contributed by atoms with van der Waals surface area (Å²) >= 11 is 0. The maximum Gasteiger partial charge on any atom is 0.276 e. The minimum absolute atomic E-state index is 0.145. The van der Waals surface area contributed by atoms with E-state index < -0.39 is 0 Å². The molecule has 0 bridgehead atoms. The fraction of sp³-hybridized carbons (Fsp3) is 0.571. The smallest absolute Gasteiger partial charge is 0.276 e. The van der Waals surface area contributed by atoms with Crippen molar-refractivity contribution in [3.8, 4) is 5.75 Å². The summed E-state index contributed by atoms with van der Waals surface area (Å²) in [7, 11) is 1.51. The Bertz CT molecular complexity index is 458. The highest BCUT2D eigenvalue weighted by molar-refractivity contribution is 5.46. The number of nitrogens with zero attached hydrogens (tertiary/aromatic N) is 2. The minimum atomic E-state index is -0.341. The molecular weight excluding hydrogens is 260 g/mol. The molecule has 6 heteroatoms. The van der Waals surface area contributed by atoms with Gasteiger partial charge in [-0.1, -0.05) is 0 Å². The molecule has 1 aromatic carbocycles. The molecule has 1 aliphatic rings. The molecule has 0 atom stereocenters. The van der Waals surface area contributed by atoms with Crippen molar-refractivity contribution in [3.63, 3.8) is 0 Å². The maximum absolute atomic E-state index is 11.1. The number of ether oxygens (including phenoxy) is 2. The number of morpholine rings is 1. The summed E-state index contributed by atoms with van der Waals surface area (Å²) in [4.78, 5) is 13.1. The third-order valence-corrected chi connectivity index (χ3v) is 3.51. The molecule has 0 aromatic heterocycles. The number of methoxy groups -OCH3 is 1. The van der Waals surface area contributed by atoms with Gasteiger partial charge in [-0.05, 0) is 31.5 Å². The van der Waals surface area contributed by atoms with Gasteiger partial charge in [0.1, 0.15) is 5.75 Å². The quantitative estimate of drug-likeness (QED) is 0.588. The molecule has 1 aromatic rings. The zero-order valence-corrected chi connectivity index (χ0v) is 11.7. The van der Waals surface area contributed by atoms with Crippen LogP contribution in [0, 0.1) is 10.1 Å². The van der Waals surface area contributed by atoms with Crippen molar-refractivity contribution in [3.05, 3.63) is 33.9 Å². The van der Waals surface area contributed by atoms with Gasteiger partial charge in [-0.15, -0.1) is 0 Å². The summed E-state index contributed by atoms with van der Waals surface area (Å²) in [5.41, 5.74) is 0.912. The molecule has 0 amide bonds. The second-order valence-corrected chi connectivity index (χ2v) is 4.81. The molecule has 2 rings (SSSR count). The normalized spacial score (nSPS) is 16.1. The molecule has 0 saturated carbocycles. The van der Waals surface area contributed by atoms with E-state index in [0.29, 0.717) is 12.2 Å². The van der Waals surface area contributed by atoms with Crippen LogP contribution in [0.5, 0.6) is 5.75 Å². The lowest BCUT2D eigenvalue weighted by atomic mass is 10.1. The van der Waals surface area contributed by atoms with Crippen LogP contribution >= 0.6 is 0 Å². The number of nitro groups is 1. The molecule has 0 spiro atoms. The van der Waals surface area contributed by atoms with Crippen molar-refractivity contribution in [1.82, 2.24) is 4.90 Å². The van der Waals surface area contributed by atoms with Crippen molar-refractivity contribution < 1.29 is 14.4 Å². The van der Waals surface area contributed by atoms with E-state index in [1.54, 1.807) is 12.1 Å². The van der Waals surface area contributed by atoms with E-state index in [0.717, 1.165) is 44.8 Å². The summed E-state index contributed by atoms with van der Waals surface area (Å²) in [5.74, 6) is 0.522. The van der Waals surface area contributed by atoms with Gasteiger partial charge in [0.2, 0.25) is 0 Å². The van der Waals surface area contributed by atoms with Gasteiger partial charge < -0.3 is 9.47 Å². The fourth-order valence-electron chi connectivity index (χ4n) is 2.37. The Hall–Kier alpha value is -1.66. The van der Waals surface area contributed by atoms with Crippen molar-refractivity contribution in [2.45, 2.75) is 12.8 Å². The van der Waals surface area contributed by atoms with Crippen molar-refractivity contribution in [2.75, 3.05) is 40.0 Å². The average molecular weight is 280 g/mol. The van der Waals surface area contributed by atoms with Gasteiger partial charge in [-0.25, -0.2) is 0 Å². The third kappa shape index (κ3) is 3.91. The number of nitro benzene ring substituents is 1. The molecule has 0 unspecified atom stereocenters. The Morgan fingerprint density at radius 2 is 2.15 bits per heavy atom. The Morgan fingerprint density at radius 1 is 1.40 bits per heavy atom. The van der Waals surface area contributed by atoms with Gasteiger partial charge in [0.05, 0.1) is 31.3 Å². The van der Waals surface area contributed by atoms with Crippen LogP contribution in [0.15, 0.2) is 18.2 Å². The van der Waals surface area contributed by atoms with Crippen LogP contribution in [0.2, 0.25) is 0 Å². The van der Waals surface area contributed by atoms with E-state index in [1.807, 2.05) is 0 Å². The highest BCUT2D eigenvalue weighted by atomic mass is 16.6. The molecule has 0 aliphatic carbocycles. The molecule has 0 radical (unpaired) electrons. The first kappa shape index (κ1) is 14.7. The molecule has 110 valence electrons. The van der Waals surface area contributed by atoms with Crippen molar-refractivity contribution in [2.24, 2.45) is 0 Å². The Labute approximate surface area is 118 Å². The monoisotopic (exact) mass is 280 g/mol. The van der Waals surface area contributed by atoms with E-state index in [2.05, 4.69) is 4.90 Å². The molecule has 1 fully saturated rings. The van der Waals surface area contributed by atoms with Gasteiger partial charge >= 0.3 is 0 Å². The SMILES string of the molecule is COc1ccc(CCCN2CCOCC2)c([N+](=O)[O-])c1.